The van der Waals surface area contributed by atoms with Crippen molar-refractivity contribution in [3.05, 3.63) is 0 Å². The Hall–Kier alpha value is 0.320. The molecule has 0 aliphatic heterocycles. The highest BCUT2D eigenvalue weighted by molar-refractivity contribution is 4.58. The zero-order chi connectivity index (χ0) is 22.7. The third-order valence-corrected chi connectivity index (χ3v) is 6.18. The molecule has 0 heterocycles. The van der Waals surface area contributed by atoms with Crippen LogP contribution in [0.5, 0.6) is 0 Å². The van der Waals surface area contributed by atoms with Crippen LogP contribution in [-0.2, 0) is 0 Å². The van der Waals surface area contributed by atoms with E-state index < -0.39 is 0 Å². The predicted molar refractivity (Wildman–Crippen MR) is 130 cm³/mol. The number of halogens is 1. The molecule has 0 aromatic heterocycles. The Morgan fingerprint density at radius 1 is 0.548 bits per heavy atom. The summed E-state index contributed by atoms with van der Waals surface area (Å²) in [6, 6.07) is 0. The summed E-state index contributed by atoms with van der Waals surface area (Å²) in [6.07, 6.45) is 20.0. The molecule has 0 saturated carbocycles. The van der Waals surface area contributed by atoms with Crippen LogP contribution in [0, 0.1) is 0 Å². The highest BCUT2D eigenvalue weighted by atomic mass is 79.9. The van der Waals surface area contributed by atoms with Gasteiger partial charge in [-0.2, -0.15) is 0 Å². The number of quaternary nitrogens is 1. The fourth-order valence-corrected chi connectivity index (χ4v) is 4.58. The van der Waals surface area contributed by atoms with Gasteiger partial charge >= 0.3 is 0 Å². The molecule has 0 aromatic rings. The summed E-state index contributed by atoms with van der Waals surface area (Å²) in [5.41, 5.74) is 0. The molecule has 5 heteroatoms. The van der Waals surface area contributed by atoms with Crippen molar-refractivity contribution in [1.29, 1.82) is 0 Å². The van der Waals surface area contributed by atoms with Gasteiger partial charge in [-0.1, -0.05) is 96.8 Å². The Labute approximate surface area is 205 Å². The van der Waals surface area contributed by atoms with Crippen LogP contribution in [-0.4, -0.2) is 65.3 Å². The zero-order valence-corrected chi connectivity index (χ0v) is 22.9. The van der Waals surface area contributed by atoms with E-state index in [0.29, 0.717) is 11.0 Å². The second kappa shape index (κ2) is 22.1. The minimum absolute atomic E-state index is 0. The molecule has 0 aliphatic rings. The maximum absolute atomic E-state index is 10.2. The average molecular weight is 511 g/mol. The van der Waals surface area contributed by atoms with Crippen LogP contribution < -0.4 is 17.0 Å². The smallest absolute Gasteiger partial charge is 0.105 e. The van der Waals surface area contributed by atoms with Crippen LogP contribution in [0.2, 0.25) is 0 Å². The van der Waals surface area contributed by atoms with Gasteiger partial charge in [0.1, 0.15) is 25.3 Å². The van der Waals surface area contributed by atoms with E-state index in [1.165, 1.54) is 83.5 Å². The van der Waals surface area contributed by atoms with Gasteiger partial charge in [0.2, 0.25) is 0 Å². The quantitative estimate of drug-likeness (QED) is 0.155. The van der Waals surface area contributed by atoms with Gasteiger partial charge in [-0.05, 0) is 26.2 Å². The number of aliphatic hydroxyl groups excluding tert-OH is 3. The Kier molecular flexibility index (Phi) is 23.9. The van der Waals surface area contributed by atoms with E-state index in [9.17, 15) is 15.3 Å². The summed E-state index contributed by atoms with van der Waals surface area (Å²) in [5, 5.41) is 29.8. The number of unbranched alkanes of at least 4 members (excludes halogenated alkanes) is 12. The van der Waals surface area contributed by atoms with Crippen LogP contribution in [0.4, 0.5) is 0 Å². The van der Waals surface area contributed by atoms with Gasteiger partial charge in [-0.25, -0.2) is 0 Å². The Balaban J connectivity index is 0. The molecule has 0 aromatic carbocycles. The first-order chi connectivity index (χ1) is 14.3. The molecule has 0 spiro atoms. The number of hydrogen-bond donors (Lipinski definition) is 3. The van der Waals surface area contributed by atoms with Gasteiger partial charge in [0, 0.05) is 0 Å². The lowest BCUT2D eigenvalue weighted by molar-refractivity contribution is -0.896. The Morgan fingerprint density at radius 2 is 0.903 bits per heavy atom. The molecule has 0 fully saturated rings. The minimum Gasteiger partial charge on any atom is -1.00 e. The molecule has 0 saturated heterocycles. The number of rotatable bonds is 22. The lowest BCUT2D eigenvalue weighted by Crippen LogP contribution is -3.00. The minimum atomic E-state index is -0.320. The first-order valence-electron chi connectivity index (χ1n) is 13.1. The predicted octanol–water partition coefficient (Wildman–Crippen LogP) is 2.82. The van der Waals surface area contributed by atoms with Gasteiger partial charge in [-0.15, -0.1) is 0 Å². The summed E-state index contributed by atoms with van der Waals surface area (Å²) < 4.78 is 0.677. The van der Waals surface area contributed by atoms with Crippen LogP contribution >= 0.6 is 0 Å². The lowest BCUT2D eigenvalue weighted by Gasteiger charge is -2.32. The van der Waals surface area contributed by atoms with Crippen molar-refractivity contribution >= 4 is 0 Å². The molecular formula is C26H56BrNO3. The van der Waals surface area contributed by atoms with Crippen molar-refractivity contribution in [3.63, 3.8) is 0 Å². The topological polar surface area (TPSA) is 60.7 Å². The molecule has 3 N–H and O–H groups in total. The fourth-order valence-electron chi connectivity index (χ4n) is 4.58. The summed E-state index contributed by atoms with van der Waals surface area (Å²) in [4.78, 5) is 0. The summed E-state index contributed by atoms with van der Waals surface area (Å²) in [5.74, 6) is 0. The SMILES string of the molecule is CCCCCCC(O)CCCCCCCCCCCCC(O)C[N+](C)(C)CC(C)O.[Br-]. The molecule has 0 amide bonds. The number of likely N-dealkylation sites (N-methyl/N-ethyl adjacent to an activating group) is 1. The molecule has 4 nitrogen and oxygen atoms in total. The van der Waals surface area contributed by atoms with E-state index in [1.807, 2.05) is 6.92 Å². The van der Waals surface area contributed by atoms with E-state index in [2.05, 4.69) is 21.0 Å². The first-order valence-corrected chi connectivity index (χ1v) is 13.1. The standard InChI is InChI=1S/C26H56NO3.BrH/c1-5-6-7-16-19-25(29)20-17-14-12-10-8-9-11-13-15-18-21-26(30)23-27(3,4)22-24(2)28;/h24-26,28-30H,5-23H2,1-4H3;1H/q+1;/p-1. The van der Waals surface area contributed by atoms with Crippen molar-refractivity contribution in [2.75, 3.05) is 27.2 Å². The maximum Gasteiger partial charge on any atom is 0.105 e. The van der Waals surface area contributed by atoms with Gasteiger partial charge in [0.15, 0.2) is 0 Å². The molecule has 0 aliphatic carbocycles. The van der Waals surface area contributed by atoms with Crippen LogP contribution in [0.25, 0.3) is 0 Å². The Morgan fingerprint density at radius 3 is 1.29 bits per heavy atom. The van der Waals surface area contributed by atoms with Crippen molar-refractivity contribution in [3.8, 4) is 0 Å². The average Bonchev–Trinajstić information content (AvgIpc) is 2.64. The van der Waals surface area contributed by atoms with Gasteiger partial charge in [-0.3, -0.25) is 0 Å². The number of aliphatic hydroxyl groups is 3. The summed E-state index contributed by atoms with van der Waals surface area (Å²) in [7, 11) is 4.15. The molecule has 190 valence electrons. The van der Waals surface area contributed by atoms with Crippen LogP contribution in [0.15, 0.2) is 0 Å². The van der Waals surface area contributed by atoms with Gasteiger partial charge in [0.25, 0.3) is 0 Å². The highest BCUT2D eigenvalue weighted by Crippen LogP contribution is 2.15. The van der Waals surface area contributed by atoms with Crippen molar-refractivity contribution < 1.29 is 36.8 Å². The fraction of sp³-hybridized carbons (Fsp3) is 1.00. The molecule has 0 rings (SSSR count). The molecule has 0 bridgehead atoms. The van der Waals surface area contributed by atoms with E-state index in [-0.39, 0.29) is 35.3 Å². The van der Waals surface area contributed by atoms with E-state index in [4.69, 9.17) is 0 Å². The zero-order valence-electron chi connectivity index (χ0n) is 21.3. The van der Waals surface area contributed by atoms with E-state index in [1.54, 1.807) is 0 Å². The second-order valence-electron chi connectivity index (χ2n) is 10.4. The first kappa shape index (κ1) is 33.5. The number of nitrogens with zero attached hydrogens (tertiary/aromatic N) is 1. The van der Waals surface area contributed by atoms with Gasteiger partial charge < -0.3 is 36.8 Å². The van der Waals surface area contributed by atoms with Crippen molar-refractivity contribution in [1.82, 2.24) is 0 Å². The molecule has 3 atom stereocenters. The van der Waals surface area contributed by atoms with Crippen LogP contribution in [0.3, 0.4) is 0 Å². The molecule has 31 heavy (non-hydrogen) atoms. The van der Waals surface area contributed by atoms with Crippen molar-refractivity contribution in [2.24, 2.45) is 0 Å². The largest absolute Gasteiger partial charge is 1.00 e. The van der Waals surface area contributed by atoms with E-state index >= 15 is 0 Å². The Bertz CT molecular complexity index is 367. The maximum atomic E-state index is 10.2. The van der Waals surface area contributed by atoms with Gasteiger partial charge in [0.05, 0.1) is 20.2 Å². The van der Waals surface area contributed by atoms with Crippen molar-refractivity contribution in [2.45, 2.75) is 141 Å². The molecule has 3 unspecified atom stereocenters. The molecule has 0 radical (unpaired) electrons. The normalized spacial score (nSPS) is 14.8. The van der Waals surface area contributed by atoms with Crippen LogP contribution in [0.1, 0.15) is 123 Å². The lowest BCUT2D eigenvalue weighted by atomic mass is 10.0. The second-order valence-corrected chi connectivity index (χ2v) is 10.4. The highest BCUT2D eigenvalue weighted by Gasteiger charge is 2.22. The van der Waals surface area contributed by atoms with E-state index in [0.717, 1.165) is 32.2 Å². The third kappa shape index (κ3) is 24.8. The number of hydrogen-bond acceptors (Lipinski definition) is 3. The summed E-state index contributed by atoms with van der Waals surface area (Å²) >= 11 is 0. The molecular weight excluding hydrogens is 454 g/mol. The summed E-state index contributed by atoms with van der Waals surface area (Å²) in [6.45, 7) is 5.46. The third-order valence-electron chi connectivity index (χ3n) is 6.18. The monoisotopic (exact) mass is 509 g/mol.